The van der Waals surface area contributed by atoms with Gasteiger partial charge in [-0.15, -0.1) is 0 Å². The fourth-order valence-electron chi connectivity index (χ4n) is 1.68. The van der Waals surface area contributed by atoms with Gasteiger partial charge < -0.3 is 15.3 Å². The summed E-state index contributed by atoms with van der Waals surface area (Å²) in [4.78, 5) is 32.2. The highest BCUT2D eigenvalue weighted by Gasteiger charge is 2.33. The Bertz CT molecular complexity index is 470. The van der Waals surface area contributed by atoms with Crippen LogP contribution in [0.15, 0.2) is 12.4 Å². The Morgan fingerprint density at radius 1 is 1.42 bits per heavy atom. The number of aromatic nitrogens is 2. The van der Waals surface area contributed by atoms with Gasteiger partial charge in [0.2, 0.25) is 0 Å². The molecule has 7 nitrogen and oxygen atoms in total. The number of aliphatic carboxylic acids is 1. The van der Waals surface area contributed by atoms with Crippen LogP contribution in [0.3, 0.4) is 0 Å². The molecule has 0 bridgehead atoms. The van der Waals surface area contributed by atoms with E-state index >= 15 is 0 Å². The lowest BCUT2D eigenvalue weighted by atomic mass is 10.4. The summed E-state index contributed by atoms with van der Waals surface area (Å²) >= 11 is 0. The van der Waals surface area contributed by atoms with E-state index in [1.165, 1.54) is 4.90 Å². The van der Waals surface area contributed by atoms with Crippen molar-refractivity contribution < 1.29 is 14.7 Å². The summed E-state index contributed by atoms with van der Waals surface area (Å²) in [7, 11) is 0. The molecule has 0 aliphatic heterocycles. The zero-order chi connectivity index (χ0) is 13.8. The van der Waals surface area contributed by atoms with E-state index < -0.39 is 5.97 Å². The zero-order valence-electron chi connectivity index (χ0n) is 10.7. The van der Waals surface area contributed by atoms with Crippen LogP contribution in [0.5, 0.6) is 0 Å². The molecule has 1 aliphatic carbocycles. The van der Waals surface area contributed by atoms with Crippen molar-refractivity contribution in [2.75, 3.05) is 6.54 Å². The maximum Gasteiger partial charge on any atom is 0.323 e. The summed E-state index contributed by atoms with van der Waals surface area (Å²) in [5.74, 6) is -1.00. The lowest BCUT2D eigenvalue weighted by Gasteiger charge is -2.20. The van der Waals surface area contributed by atoms with Crippen LogP contribution in [0.4, 0.5) is 4.79 Å². The number of carbonyl (C=O) groups is 2. The number of rotatable bonds is 5. The van der Waals surface area contributed by atoms with Gasteiger partial charge in [-0.2, -0.15) is 0 Å². The first kappa shape index (κ1) is 13.3. The third-order valence-electron chi connectivity index (χ3n) is 2.81. The molecular weight excluding hydrogens is 248 g/mol. The van der Waals surface area contributed by atoms with E-state index in [1.54, 1.807) is 12.4 Å². The number of aryl methyl sites for hydroxylation is 1. The summed E-state index contributed by atoms with van der Waals surface area (Å²) in [6.07, 6.45) is 4.95. The second kappa shape index (κ2) is 5.64. The average molecular weight is 264 g/mol. The van der Waals surface area contributed by atoms with Crippen LogP contribution in [0.2, 0.25) is 0 Å². The van der Waals surface area contributed by atoms with Gasteiger partial charge in [-0.05, 0) is 19.8 Å². The molecule has 102 valence electrons. The van der Waals surface area contributed by atoms with Crippen molar-refractivity contribution in [3.8, 4) is 0 Å². The molecule has 1 fully saturated rings. The summed E-state index contributed by atoms with van der Waals surface area (Å²) in [5.41, 5.74) is 1.45. The van der Waals surface area contributed by atoms with Crippen LogP contribution in [0.1, 0.15) is 24.2 Å². The molecule has 0 saturated heterocycles. The number of nitrogens with zero attached hydrogens (tertiary/aromatic N) is 3. The Balaban J connectivity index is 1.88. The van der Waals surface area contributed by atoms with E-state index in [0.29, 0.717) is 5.69 Å². The molecule has 7 heteroatoms. The van der Waals surface area contributed by atoms with Gasteiger partial charge in [0.15, 0.2) is 0 Å². The predicted molar refractivity (Wildman–Crippen MR) is 66.4 cm³/mol. The smallest absolute Gasteiger partial charge is 0.323 e. The fraction of sp³-hybridized carbons (Fsp3) is 0.500. The highest BCUT2D eigenvalue weighted by molar-refractivity contribution is 5.80. The van der Waals surface area contributed by atoms with E-state index in [0.717, 1.165) is 18.5 Å². The van der Waals surface area contributed by atoms with Crippen molar-refractivity contribution in [3.05, 3.63) is 23.8 Å². The van der Waals surface area contributed by atoms with Crippen LogP contribution in [-0.4, -0.2) is 44.6 Å². The summed E-state index contributed by atoms with van der Waals surface area (Å²) in [6.45, 7) is 1.81. The van der Waals surface area contributed by atoms with Crippen molar-refractivity contribution in [1.29, 1.82) is 0 Å². The van der Waals surface area contributed by atoms with E-state index in [1.807, 2.05) is 6.92 Å². The van der Waals surface area contributed by atoms with Gasteiger partial charge in [0.1, 0.15) is 6.54 Å². The molecule has 0 atom stereocenters. The van der Waals surface area contributed by atoms with Crippen LogP contribution >= 0.6 is 0 Å². The van der Waals surface area contributed by atoms with Gasteiger partial charge in [0.25, 0.3) is 0 Å². The van der Waals surface area contributed by atoms with Gasteiger partial charge in [-0.25, -0.2) is 4.79 Å². The predicted octanol–water partition coefficient (Wildman–Crippen LogP) is 0.544. The Hall–Kier alpha value is -2.18. The first-order chi connectivity index (χ1) is 9.06. The third-order valence-corrected chi connectivity index (χ3v) is 2.81. The van der Waals surface area contributed by atoms with Gasteiger partial charge in [-0.1, -0.05) is 0 Å². The normalized spacial score (nSPS) is 13.9. The maximum atomic E-state index is 11.9. The van der Waals surface area contributed by atoms with Crippen LogP contribution in [-0.2, 0) is 11.3 Å². The van der Waals surface area contributed by atoms with Crippen molar-refractivity contribution in [3.63, 3.8) is 0 Å². The molecule has 0 unspecified atom stereocenters. The zero-order valence-corrected chi connectivity index (χ0v) is 10.7. The van der Waals surface area contributed by atoms with Crippen molar-refractivity contribution in [2.24, 2.45) is 0 Å². The Labute approximate surface area is 110 Å². The average Bonchev–Trinajstić information content (AvgIpc) is 3.19. The number of carbonyl (C=O) groups excluding carboxylic acids is 1. The number of nitrogens with one attached hydrogen (secondary N) is 1. The van der Waals surface area contributed by atoms with Crippen LogP contribution in [0.25, 0.3) is 0 Å². The Kier molecular flexibility index (Phi) is 3.94. The molecule has 0 aromatic carbocycles. The number of amides is 2. The molecule has 1 aromatic rings. The molecule has 1 heterocycles. The Morgan fingerprint density at radius 3 is 2.68 bits per heavy atom. The first-order valence-electron chi connectivity index (χ1n) is 6.10. The Morgan fingerprint density at radius 2 is 2.16 bits per heavy atom. The maximum absolute atomic E-state index is 11.9. The highest BCUT2D eigenvalue weighted by Crippen LogP contribution is 2.26. The van der Waals surface area contributed by atoms with Crippen molar-refractivity contribution >= 4 is 12.0 Å². The minimum absolute atomic E-state index is 0.0557. The SMILES string of the molecule is Cc1cnc(CNC(=O)N(CC(=O)O)C2CC2)cn1. The second-order valence-electron chi connectivity index (χ2n) is 4.56. The highest BCUT2D eigenvalue weighted by atomic mass is 16.4. The van der Waals surface area contributed by atoms with Crippen molar-refractivity contribution in [1.82, 2.24) is 20.2 Å². The monoisotopic (exact) mass is 264 g/mol. The van der Waals surface area contributed by atoms with Gasteiger partial charge in [-0.3, -0.25) is 14.8 Å². The van der Waals surface area contributed by atoms with Crippen LogP contribution < -0.4 is 5.32 Å². The molecule has 2 rings (SSSR count). The van der Waals surface area contributed by atoms with E-state index in [-0.39, 0.29) is 25.2 Å². The number of hydrogen-bond acceptors (Lipinski definition) is 4. The number of urea groups is 1. The van der Waals surface area contributed by atoms with Gasteiger partial charge in [0, 0.05) is 12.2 Å². The van der Waals surface area contributed by atoms with Crippen molar-refractivity contribution in [2.45, 2.75) is 32.4 Å². The minimum atomic E-state index is -1.00. The van der Waals surface area contributed by atoms with E-state index in [9.17, 15) is 9.59 Å². The summed E-state index contributed by atoms with van der Waals surface area (Å²) in [5, 5.41) is 11.4. The summed E-state index contributed by atoms with van der Waals surface area (Å²) in [6, 6.07) is -0.313. The quantitative estimate of drug-likeness (QED) is 0.809. The molecule has 2 amide bonds. The lowest BCUT2D eigenvalue weighted by molar-refractivity contribution is -0.137. The largest absolute Gasteiger partial charge is 0.480 e. The molecule has 2 N–H and O–H groups in total. The number of carboxylic acids is 1. The molecule has 19 heavy (non-hydrogen) atoms. The minimum Gasteiger partial charge on any atom is -0.480 e. The van der Waals surface area contributed by atoms with E-state index in [2.05, 4.69) is 15.3 Å². The molecule has 1 saturated carbocycles. The van der Waals surface area contributed by atoms with E-state index in [4.69, 9.17) is 5.11 Å². The molecule has 0 radical (unpaired) electrons. The number of carboxylic acid groups (broad SMARTS) is 1. The molecule has 0 spiro atoms. The van der Waals surface area contributed by atoms with Crippen LogP contribution in [0, 0.1) is 6.92 Å². The first-order valence-corrected chi connectivity index (χ1v) is 6.10. The second-order valence-corrected chi connectivity index (χ2v) is 4.56. The molecule has 1 aliphatic rings. The van der Waals surface area contributed by atoms with Gasteiger partial charge >= 0.3 is 12.0 Å². The topological polar surface area (TPSA) is 95.4 Å². The fourth-order valence-corrected chi connectivity index (χ4v) is 1.68. The van der Waals surface area contributed by atoms with Gasteiger partial charge in [0.05, 0.1) is 24.1 Å². The lowest BCUT2D eigenvalue weighted by Crippen LogP contribution is -2.43. The number of hydrogen-bond donors (Lipinski definition) is 2. The molecular formula is C12H16N4O3. The standard InChI is InChI=1S/C12H16N4O3/c1-8-4-14-9(5-13-8)6-15-12(19)16(7-11(17)18)10-2-3-10/h4-5,10H,2-3,6-7H2,1H3,(H,15,19)(H,17,18). The third kappa shape index (κ3) is 3.90. The summed E-state index contributed by atoms with van der Waals surface area (Å²) < 4.78 is 0. The molecule has 1 aromatic heterocycles.